The van der Waals surface area contributed by atoms with Gasteiger partial charge in [-0.2, -0.15) is 0 Å². The fraction of sp³-hybridized carbons (Fsp3) is 0.462. The van der Waals surface area contributed by atoms with Gasteiger partial charge in [0.1, 0.15) is 5.75 Å². The van der Waals surface area contributed by atoms with E-state index in [1.165, 1.54) is 0 Å². The van der Waals surface area contributed by atoms with E-state index in [1.807, 2.05) is 0 Å². The Hall–Kier alpha value is -1.35. The number of hydrogen-bond acceptors (Lipinski definition) is 3. The second kappa shape index (κ2) is 4.66. The van der Waals surface area contributed by atoms with E-state index in [4.69, 9.17) is 5.73 Å². The Balaban J connectivity index is 2.42. The minimum absolute atomic E-state index is 0.0978. The van der Waals surface area contributed by atoms with Crippen LogP contribution < -0.4 is 5.73 Å². The Morgan fingerprint density at radius 3 is 2.62 bits per heavy atom. The van der Waals surface area contributed by atoms with Crippen LogP contribution >= 0.6 is 0 Å². The third-order valence-corrected chi connectivity index (χ3v) is 3.18. The van der Waals surface area contributed by atoms with E-state index in [2.05, 4.69) is 0 Å². The number of carbonyl (C=O) groups is 1. The van der Waals surface area contributed by atoms with Crippen LogP contribution in [-0.2, 0) is 12.8 Å². The Morgan fingerprint density at radius 2 is 1.94 bits per heavy atom. The molecule has 3 nitrogen and oxygen atoms in total. The zero-order chi connectivity index (χ0) is 11.5. The molecule has 0 saturated heterocycles. The number of carbonyl (C=O) groups excluding carboxylic acids is 1. The van der Waals surface area contributed by atoms with Crippen LogP contribution in [0.15, 0.2) is 12.1 Å². The summed E-state index contributed by atoms with van der Waals surface area (Å²) in [6.45, 7) is 0.383. The molecule has 0 heterocycles. The number of aromatic hydroxyl groups is 1. The molecule has 1 aromatic rings. The van der Waals surface area contributed by atoms with Crippen molar-refractivity contribution in [2.75, 3.05) is 6.54 Å². The number of Topliss-reactive ketones (excluding diaryl/α,β-unsaturated/α-hetero) is 1. The summed E-state index contributed by atoms with van der Waals surface area (Å²) in [4.78, 5) is 11.9. The lowest BCUT2D eigenvalue weighted by Crippen LogP contribution is -2.14. The maximum atomic E-state index is 11.9. The van der Waals surface area contributed by atoms with Gasteiger partial charge in [-0.3, -0.25) is 4.79 Å². The lowest BCUT2D eigenvalue weighted by Gasteiger charge is -2.19. The Bertz CT molecular complexity index is 413. The predicted molar refractivity (Wildman–Crippen MR) is 62.8 cm³/mol. The van der Waals surface area contributed by atoms with E-state index in [0.29, 0.717) is 18.7 Å². The van der Waals surface area contributed by atoms with Crippen molar-refractivity contribution in [1.29, 1.82) is 0 Å². The molecule has 0 amide bonds. The Morgan fingerprint density at radius 1 is 1.25 bits per heavy atom. The molecule has 0 saturated carbocycles. The van der Waals surface area contributed by atoms with Gasteiger partial charge in [-0.25, -0.2) is 0 Å². The number of phenols is 1. The molecule has 1 aliphatic carbocycles. The van der Waals surface area contributed by atoms with Crippen molar-refractivity contribution < 1.29 is 9.90 Å². The summed E-state index contributed by atoms with van der Waals surface area (Å²) >= 11 is 0. The van der Waals surface area contributed by atoms with E-state index in [0.717, 1.165) is 42.4 Å². The predicted octanol–water partition coefficient (Wildman–Crippen LogP) is 1.80. The number of hydrogen-bond donors (Lipinski definition) is 2. The van der Waals surface area contributed by atoms with Gasteiger partial charge in [0, 0.05) is 12.0 Å². The van der Waals surface area contributed by atoms with Crippen LogP contribution in [0.5, 0.6) is 5.75 Å². The molecule has 3 heteroatoms. The van der Waals surface area contributed by atoms with Crippen molar-refractivity contribution in [2.24, 2.45) is 5.73 Å². The normalized spacial score (nSPS) is 14.6. The van der Waals surface area contributed by atoms with Crippen molar-refractivity contribution in [2.45, 2.75) is 32.1 Å². The lowest BCUT2D eigenvalue weighted by molar-refractivity contribution is 0.0984. The highest BCUT2D eigenvalue weighted by molar-refractivity contribution is 5.98. The summed E-state index contributed by atoms with van der Waals surface area (Å²) < 4.78 is 0. The van der Waals surface area contributed by atoms with Gasteiger partial charge < -0.3 is 10.8 Å². The van der Waals surface area contributed by atoms with Crippen LogP contribution in [0.2, 0.25) is 0 Å². The van der Waals surface area contributed by atoms with Crippen molar-refractivity contribution in [3.8, 4) is 5.75 Å². The van der Waals surface area contributed by atoms with Crippen LogP contribution in [-0.4, -0.2) is 17.4 Å². The number of benzene rings is 1. The molecule has 0 unspecified atom stereocenters. The fourth-order valence-electron chi connectivity index (χ4n) is 2.38. The SMILES string of the molecule is NCCC(=O)c1ccc(O)c2c1CCCC2. The summed E-state index contributed by atoms with van der Waals surface area (Å²) in [5, 5.41) is 9.76. The summed E-state index contributed by atoms with van der Waals surface area (Å²) in [5.41, 5.74) is 8.18. The van der Waals surface area contributed by atoms with E-state index < -0.39 is 0 Å². The lowest BCUT2D eigenvalue weighted by atomic mass is 9.86. The fourth-order valence-corrected chi connectivity index (χ4v) is 2.38. The Labute approximate surface area is 95.3 Å². The molecule has 0 spiro atoms. The first-order valence-corrected chi connectivity index (χ1v) is 5.81. The van der Waals surface area contributed by atoms with E-state index in [1.54, 1.807) is 12.1 Å². The second-order valence-electron chi connectivity index (χ2n) is 4.26. The molecule has 0 fully saturated rings. The number of fused-ring (bicyclic) bond motifs is 1. The first-order chi connectivity index (χ1) is 7.74. The summed E-state index contributed by atoms with van der Waals surface area (Å²) in [7, 11) is 0. The molecule has 86 valence electrons. The maximum absolute atomic E-state index is 11.9. The average Bonchev–Trinajstić information content (AvgIpc) is 2.30. The van der Waals surface area contributed by atoms with Gasteiger partial charge in [-0.05, 0) is 55.5 Å². The topological polar surface area (TPSA) is 63.3 Å². The molecule has 1 aliphatic rings. The number of ketones is 1. The summed E-state index contributed by atoms with van der Waals surface area (Å²) in [5.74, 6) is 0.430. The van der Waals surface area contributed by atoms with Gasteiger partial charge in [0.05, 0.1) is 0 Å². The maximum Gasteiger partial charge on any atom is 0.164 e. The highest BCUT2D eigenvalue weighted by Gasteiger charge is 2.19. The monoisotopic (exact) mass is 219 g/mol. The van der Waals surface area contributed by atoms with E-state index in [-0.39, 0.29) is 5.78 Å². The molecule has 3 N–H and O–H groups in total. The van der Waals surface area contributed by atoms with Gasteiger partial charge in [-0.15, -0.1) is 0 Å². The number of phenolic OH excluding ortho intramolecular Hbond substituents is 1. The van der Waals surface area contributed by atoms with Crippen molar-refractivity contribution in [1.82, 2.24) is 0 Å². The molecule has 1 aromatic carbocycles. The van der Waals surface area contributed by atoms with Crippen molar-refractivity contribution in [3.63, 3.8) is 0 Å². The standard InChI is InChI=1S/C13H17NO2/c14-8-7-13(16)11-5-6-12(15)10-4-2-1-3-9(10)11/h5-6,15H,1-4,7-8,14H2. The van der Waals surface area contributed by atoms with Crippen LogP contribution in [0.3, 0.4) is 0 Å². The van der Waals surface area contributed by atoms with Gasteiger partial charge in [0.2, 0.25) is 0 Å². The highest BCUT2D eigenvalue weighted by Crippen LogP contribution is 2.31. The first kappa shape index (κ1) is 11.1. The molecule has 0 aromatic heterocycles. The number of rotatable bonds is 3. The van der Waals surface area contributed by atoms with Gasteiger partial charge in [-0.1, -0.05) is 0 Å². The molecule has 0 bridgehead atoms. The molecule has 2 rings (SSSR count). The first-order valence-electron chi connectivity index (χ1n) is 5.81. The minimum Gasteiger partial charge on any atom is -0.508 e. The van der Waals surface area contributed by atoms with Crippen LogP contribution in [0.1, 0.15) is 40.7 Å². The van der Waals surface area contributed by atoms with Crippen LogP contribution in [0.4, 0.5) is 0 Å². The average molecular weight is 219 g/mol. The highest BCUT2D eigenvalue weighted by atomic mass is 16.3. The molecule has 0 atom stereocenters. The second-order valence-corrected chi connectivity index (χ2v) is 4.26. The zero-order valence-corrected chi connectivity index (χ0v) is 9.33. The third kappa shape index (κ3) is 1.95. The molecule has 16 heavy (non-hydrogen) atoms. The summed E-state index contributed by atoms with van der Waals surface area (Å²) in [6.07, 6.45) is 4.35. The van der Waals surface area contributed by atoms with Crippen LogP contribution in [0.25, 0.3) is 0 Å². The molecule has 0 aliphatic heterocycles. The quantitative estimate of drug-likeness (QED) is 0.762. The molecular formula is C13H17NO2. The third-order valence-electron chi connectivity index (χ3n) is 3.18. The van der Waals surface area contributed by atoms with Crippen molar-refractivity contribution >= 4 is 5.78 Å². The van der Waals surface area contributed by atoms with Gasteiger partial charge in [0.15, 0.2) is 5.78 Å². The largest absolute Gasteiger partial charge is 0.508 e. The van der Waals surface area contributed by atoms with Crippen molar-refractivity contribution in [3.05, 3.63) is 28.8 Å². The summed E-state index contributed by atoms with van der Waals surface area (Å²) in [6, 6.07) is 3.37. The smallest absolute Gasteiger partial charge is 0.164 e. The number of nitrogens with two attached hydrogens (primary N) is 1. The van der Waals surface area contributed by atoms with Gasteiger partial charge >= 0.3 is 0 Å². The van der Waals surface area contributed by atoms with Gasteiger partial charge in [0.25, 0.3) is 0 Å². The van der Waals surface area contributed by atoms with Crippen LogP contribution in [0, 0.1) is 0 Å². The minimum atomic E-state index is 0.0978. The molecule has 0 radical (unpaired) electrons. The van der Waals surface area contributed by atoms with E-state index >= 15 is 0 Å². The van der Waals surface area contributed by atoms with E-state index in [9.17, 15) is 9.90 Å². The molecular weight excluding hydrogens is 202 g/mol. The zero-order valence-electron chi connectivity index (χ0n) is 9.33. The Kier molecular flexibility index (Phi) is 3.25.